The number of hydrogen-bond donors (Lipinski definition) is 0. The van der Waals surface area contributed by atoms with Crippen LogP contribution in [0.2, 0.25) is 0 Å². The molecule has 0 amide bonds. The molecular formula is C20H14FN. The van der Waals surface area contributed by atoms with Crippen LogP contribution in [0.1, 0.15) is 0 Å². The zero-order chi connectivity index (χ0) is 14.9. The average molecular weight is 287 g/mol. The van der Waals surface area contributed by atoms with Gasteiger partial charge in [-0.15, -0.1) is 0 Å². The second kappa shape index (κ2) is 5.15. The van der Waals surface area contributed by atoms with Crippen molar-refractivity contribution in [1.29, 1.82) is 0 Å². The third kappa shape index (κ3) is 2.01. The van der Waals surface area contributed by atoms with Crippen LogP contribution in [0.5, 0.6) is 0 Å². The Morgan fingerprint density at radius 2 is 1.36 bits per heavy atom. The fraction of sp³-hybridized carbons (Fsp3) is 0. The van der Waals surface area contributed by atoms with Crippen molar-refractivity contribution in [2.45, 2.75) is 0 Å². The van der Waals surface area contributed by atoms with Gasteiger partial charge in [0.25, 0.3) is 0 Å². The molecule has 0 bridgehead atoms. The highest BCUT2D eigenvalue weighted by molar-refractivity contribution is 5.89. The van der Waals surface area contributed by atoms with E-state index in [1.165, 1.54) is 6.07 Å². The second-order valence-corrected chi connectivity index (χ2v) is 5.24. The van der Waals surface area contributed by atoms with Gasteiger partial charge in [0.05, 0.1) is 16.9 Å². The quantitative estimate of drug-likeness (QED) is 0.463. The van der Waals surface area contributed by atoms with Crippen molar-refractivity contribution in [3.8, 4) is 16.9 Å². The first-order valence-electron chi connectivity index (χ1n) is 7.25. The summed E-state index contributed by atoms with van der Waals surface area (Å²) in [5.41, 5.74) is 3.64. The topological polar surface area (TPSA) is 4.93 Å². The van der Waals surface area contributed by atoms with Gasteiger partial charge in [0.2, 0.25) is 0 Å². The lowest BCUT2D eigenvalue weighted by Gasteiger charge is -2.12. The van der Waals surface area contributed by atoms with E-state index in [4.69, 9.17) is 0 Å². The third-order valence-electron chi connectivity index (χ3n) is 3.87. The van der Waals surface area contributed by atoms with Crippen LogP contribution in [0, 0.1) is 5.82 Å². The smallest absolute Gasteiger partial charge is 0.147 e. The molecule has 0 aliphatic rings. The van der Waals surface area contributed by atoms with Crippen LogP contribution in [0.15, 0.2) is 84.9 Å². The molecule has 0 N–H and O–H groups in total. The van der Waals surface area contributed by atoms with Gasteiger partial charge in [-0.2, -0.15) is 0 Å². The zero-order valence-corrected chi connectivity index (χ0v) is 11.9. The van der Waals surface area contributed by atoms with E-state index in [0.717, 1.165) is 22.2 Å². The lowest BCUT2D eigenvalue weighted by Crippen LogP contribution is -1.99. The van der Waals surface area contributed by atoms with E-state index in [0.29, 0.717) is 5.69 Å². The highest BCUT2D eigenvalue weighted by Crippen LogP contribution is 2.32. The number of halogens is 1. The van der Waals surface area contributed by atoms with Crippen molar-refractivity contribution >= 4 is 10.9 Å². The van der Waals surface area contributed by atoms with E-state index >= 15 is 0 Å². The molecule has 0 aliphatic carbocycles. The van der Waals surface area contributed by atoms with Gasteiger partial charge in [0.1, 0.15) is 5.82 Å². The summed E-state index contributed by atoms with van der Waals surface area (Å²) in [7, 11) is 0. The number of hydrogen-bond acceptors (Lipinski definition) is 0. The van der Waals surface area contributed by atoms with Gasteiger partial charge in [-0.1, -0.05) is 60.7 Å². The van der Waals surface area contributed by atoms with Crippen LogP contribution in [0.3, 0.4) is 0 Å². The van der Waals surface area contributed by atoms with Gasteiger partial charge >= 0.3 is 0 Å². The van der Waals surface area contributed by atoms with Crippen molar-refractivity contribution in [2.24, 2.45) is 0 Å². The third-order valence-corrected chi connectivity index (χ3v) is 3.87. The van der Waals surface area contributed by atoms with Gasteiger partial charge < -0.3 is 4.57 Å². The number of benzene rings is 3. The van der Waals surface area contributed by atoms with Crippen molar-refractivity contribution < 1.29 is 4.39 Å². The molecule has 0 saturated heterocycles. The molecule has 4 aromatic rings. The van der Waals surface area contributed by atoms with E-state index in [1.54, 1.807) is 6.07 Å². The van der Waals surface area contributed by atoms with Gasteiger partial charge in [0.15, 0.2) is 0 Å². The maximum atomic E-state index is 14.4. The summed E-state index contributed by atoms with van der Waals surface area (Å²) in [5, 5.41) is 1.10. The molecule has 106 valence electrons. The summed E-state index contributed by atoms with van der Waals surface area (Å²) < 4.78 is 16.3. The molecule has 0 saturated carbocycles. The molecular weight excluding hydrogens is 273 g/mol. The molecule has 0 aliphatic heterocycles. The van der Waals surface area contributed by atoms with Crippen LogP contribution < -0.4 is 0 Å². The predicted molar refractivity (Wildman–Crippen MR) is 88.7 cm³/mol. The van der Waals surface area contributed by atoms with Gasteiger partial charge in [-0.05, 0) is 29.8 Å². The summed E-state index contributed by atoms with van der Waals surface area (Å²) in [6.07, 6.45) is 0. The highest BCUT2D eigenvalue weighted by Gasteiger charge is 2.14. The summed E-state index contributed by atoms with van der Waals surface area (Å²) in [6.45, 7) is 0. The number of rotatable bonds is 2. The van der Waals surface area contributed by atoms with E-state index < -0.39 is 0 Å². The molecule has 3 aromatic carbocycles. The minimum atomic E-state index is -0.221. The maximum Gasteiger partial charge on any atom is 0.147 e. The lowest BCUT2D eigenvalue weighted by atomic mass is 10.1. The highest BCUT2D eigenvalue weighted by atomic mass is 19.1. The molecule has 0 unspecified atom stereocenters. The minimum Gasteiger partial charge on any atom is -0.306 e. The van der Waals surface area contributed by atoms with Crippen molar-refractivity contribution in [3.63, 3.8) is 0 Å². The number of para-hydroxylation sites is 2. The van der Waals surface area contributed by atoms with Crippen molar-refractivity contribution in [3.05, 3.63) is 90.7 Å². The number of fused-ring (bicyclic) bond motifs is 1. The Labute approximate surface area is 128 Å². The van der Waals surface area contributed by atoms with Crippen molar-refractivity contribution in [1.82, 2.24) is 4.57 Å². The first-order chi connectivity index (χ1) is 10.8. The normalized spacial score (nSPS) is 11.0. The molecule has 4 rings (SSSR count). The van der Waals surface area contributed by atoms with E-state index in [-0.39, 0.29) is 5.82 Å². The molecule has 0 radical (unpaired) electrons. The maximum absolute atomic E-state index is 14.4. The Morgan fingerprint density at radius 3 is 2.18 bits per heavy atom. The van der Waals surface area contributed by atoms with Gasteiger partial charge in [-0.25, -0.2) is 4.39 Å². The standard InChI is InChI=1S/C20H14FN/c21-17-11-5-7-13-19(17)22-18-12-6-4-10-16(18)14-20(22)15-8-2-1-3-9-15/h1-14H. The van der Waals surface area contributed by atoms with E-state index in [1.807, 2.05) is 65.2 Å². The minimum absolute atomic E-state index is 0.221. The van der Waals surface area contributed by atoms with Crippen LogP contribution in [-0.4, -0.2) is 4.57 Å². The second-order valence-electron chi connectivity index (χ2n) is 5.24. The van der Waals surface area contributed by atoms with E-state index in [2.05, 4.69) is 12.1 Å². The Kier molecular flexibility index (Phi) is 3.01. The van der Waals surface area contributed by atoms with E-state index in [9.17, 15) is 4.39 Å². The Balaban J connectivity index is 2.10. The summed E-state index contributed by atoms with van der Waals surface area (Å²) in [5.74, 6) is -0.221. The van der Waals surface area contributed by atoms with Gasteiger partial charge in [0, 0.05) is 5.39 Å². The average Bonchev–Trinajstić information content (AvgIpc) is 2.95. The monoisotopic (exact) mass is 287 g/mol. The molecule has 2 heteroatoms. The van der Waals surface area contributed by atoms with Crippen molar-refractivity contribution in [2.75, 3.05) is 0 Å². The molecule has 1 aromatic heterocycles. The molecule has 0 atom stereocenters. The van der Waals surface area contributed by atoms with Crippen LogP contribution >= 0.6 is 0 Å². The molecule has 1 heterocycles. The summed E-state index contributed by atoms with van der Waals surface area (Å²) in [6, 6.07) is 27.1. The summed E-state index contributed by atoms with van der Waals surface area (Å²) in [4.78, 5) is 0. The van der Waals surface area contributed by atoms with Crippen LogP contribution in [0.4, 0.5) is 4.39 Å². The molecule has 0 spiro atoms. The number of aromatic nitrogens is 1. The Morgan fingerprint density at radius 1 is 0.682 bits per heavy atom. The fourth-order valence-corrected chi connectivity index (χ4v) is 2.87. The Bertz CT molecular complexity index is 938. The van der Waals surface area contributed by atoms with Crippen LogP contribution in [-0.2, 0) is 0 Å². The van der Waals surface area contributed by atoms with Crippen LogP contribution in [0.25, 0.3) is 27.8 Å². The molecule has 1 nitrogen and oxygen atoms in total. The predicted octanol–water partition coefficient (Wildman–Crippen LogP) is 5.44. The lowest BCUT2D eigenvalue weighted by molar-refractivity contribution is 0.620. The van der Waals surface area contributed by atoms with Gasteiger partial charge in [-0.3, -0.25) is 0 Å². The Hall–Kier alpha value is -2.87. The number of nitrogens with zero attached hydrogens (tertiary/aromatic N) is 1. The SMILES string of the molecule is Fc1ccccc1-n1c(-c2ccccc2)cc2ccccc21. The zero-order valence-electron chi connectivity index (χ0n) is 11.9. The summed E-state index contributed by atoms with van der Waals surface area (Å²) >= 11 is 0. The first kappa shape index (κ1) is 12.8. The molecule has 0 fully saturated rings. The first-order valence-corrected chi connectivity index (χ1v) is 7.25. The largest absolute Gasteiger partial charge is 0.306 e. The fourth-order valence-electron chi connectivity index (χ4n) is 2.87. The molecule has 22 heavy (non-hydrogen) atoms.